The molecule has 1 atom stereocenters. The van der Waals surface area contributed by atoms with Crippen LogP contribution in [0.3, 0.4) is 0 Å². The third-order valence-corrected chi connectivity index (χ3v) is 5.23. The van der Waals surface area contributed by atoms with Crippen LogP contribution in [0.1, 0.15) is 48.7 Å². The standard InChI is InChI=1S/C18H30N4O2/c1-3-7-22-15(2)17(13-19-22)18(23)21-8-5-4-6-16(21)14-20-9-11-24-12-10-20/h13,16H,3-12,14H2,1-2H3/t16-/m0/s1. The number of rotatable bonds is 5. The zero-order chi connectivity index (χ0) is 16.9. The lowest BCUT2D eigenvalue weighted by atomic mass is 10.00. The smallest absolute Gasteiger partial charge is 0.257 e. The molecule has 2 aliphatic rings. The Bertz CT molecular complexity index is 551. The molecule has 6 heteroatoms. The number of carbonyl (C=O) groups is 1. The van der Waals surface area contributed by atoms with Crippen LogP contribution in [0.4, 0.5) is 0 Å². The van der Waals surface area contributed by atoms with E-state index in [4.69, 9.17) is 4.74 Å². The Balaban J connectivity index is 1.71. The van der Waals surface area contributed by atoms with Gasteiger partial charge in [-0.1, -0.05) is 6.92 Å². The molecule has 2 aliphatic heterocycles. The summed E-state index contributed by atoms with van der Waals surface area (Å²) in [6.45, 7) is 10.4. The maximum atomic E-state index is 13.1. The summed E-state index contributed by atoms with van der Waals surface area (Å²) in [5.41, 5.74) is 1.77. The van der Waals surface area contributed by atoms with E-state index in [9.17, 15) is 4.79 Å². The predicted octanol–water partition coefficient (Wildman–Crippen LogP) is 1.93. The Morgan fingerprint density at radius 1 is 1.29 bits per heavy atom. The lowest BCUT2D eigenvalue weighted by molar-refractivity contribution is 0.0166. The van der Waals surface area contributed by atoms with E-state index in [2.05, 4.69) is 21.8 Å². The van der Waals surface area contributed by atoms with Crippen LogP contribution < -0.4 is 0 Å². The Morgan fingerprint density at radius 2 is 2.08 bits per heavy atom. The second-order valence-electron chi connectivity index (χ2n) is 6.93. The molecule has 0 aromatic carbocycles. The van der Waals surface area contributed by atoms with E-state index < -0.39 is 0 Å². The van der Waals surface area contributed by atoms with Gasteiger partial charge in [0.15, 0.2) is 0 Å². The van der Waals surface area contributed by atoms with Gasteiger partial charge in [-0.05, 0) is 32.6 Å². The first-order valence-corrected chi connectivity index (χ1v) is 9.34. The number of aromatic nitrogens is 2. The minimum Gasteiger partial charge on any atom is -0.379 e. The highest BCUT2D eigenvalue weighted by atomic mass is 16.5. The Labute approximate surface area is 144 Å². The Morgan fingerprint density at radius 3 is 2.83 bits per heavy atom. The molecule has 2 saturated heterocycles. The summed E-state index contributed by atoms with van der Waals surface area (Å²) >= 11 is 0. The van der Waals surface area contributed by atoms with Crippen molar-refractivity contribution in [2.45, 2.75) is 52.1 Å². The van der Waals surface area contributed by atoms with Crippen LogP contribution in [0.15, 0.2) is 6.20 Å². The third kappa shape index (κ3) is 3.81. The van der Waals surface area contributed by atoms with Crippen molar-refractivity contribution in [1.82, 2.24) is 19.6 Å². The molecular weight excluding hydrogens is 304 g/mol. The highest BCUT2D eigenvalue weighted by Gasteiger charge is 2.31. The van der Waals surface area contributed by atoms with E-state index >= 15 is 0 Å². The molecule has 6 nitrogen and oxygen atoms in total. The van der Waals surface area contributed by atoms with Crippen LogP contribution in [0.25, 0.3) is 0 Å². The molecule has 1 amide bonds. The van der Waals surface area contributed by atoms with E-state index in [0.717, 1.165) is 76.5 Å². The van der Waals surface area contributed by atoms with Gasteiger partial charge >= 0.3 is 0 Å². The van der Waals surface area contributed by atoms with Crippen molar-refractivity contribution in [1.29, 1.82) is 0 Å². The maximum Gasteiger partial charge on any atom is 0.257 e. The Kier molecular flexibility index (Phi) is 5.89. The van der Waals surface area contributed by atoms with Gasteiger partial charge in [-0.25, -0.2) is 0 Å². The molecule has 1 aromatic rings. The number of hydrogen-bond donors (Lipinski definition) is 0. The second kappa shape index (κ2) is 8.12. The summed E-state index contributed by atoms with van der Waals surface area (Å²) in [5, 5.41) is 4.40. The van der Waals surface area contributed by atoms with Crippen LogP contribution in [-0.4, -0.2) is 70.9 Å². The number of aryl methyl sites for hydroxylation is 1. The largest absolute Gasteiger partial charge is 0.379 e. The van der Waals surface area contributed by atoms with Crippen molar-refractivity contribution >= 4 is 5.91 Å². The molecule has 0 bridgehead atoms. The second-order valence-corrected chi connectivity index (χ2v) is 6.93. The molecule has 0 saturated carbocycles. The van der Waals surface area contributed by atoms with E-state index in [0.29, 0.717) is 6.04 Å². The molecular formula is C18H30N4O2. The highest BCUT2D eigenvalue weighted by Crippen LogP contribution is 2.22. The van der Waals surface area contributed by atoms with Crippen molar-refractivity contribution in [3.63, 3.8) is 0 Å². The number of carbonyl (C=O) groups excluding carboxylic acids is 1. The van der Waals surface area contributed by atoms with Crippen molar-refractivity contribution in [3.8, 4) is 0 Å². The minimum atomic E-state index is 0.160. The van der Waals surface area contributed by atoms with Crippen LogP contribution in [-0.2, 0) is 11.3 Å². The van der Waals surface area contributed by atoms with Crippen molar-refractivity contribution < 1.29 is 9.53 Å². The van der Waals surface area contributed by atoms with Gasteiger partial charge in [0.1, 0.15) is 0 Å². The summed E-state index contributed by atoms with van der Waals surface area (Å²) < 4.78 is 7.39. The van der Waals surface area contributed by atoms with Crippen molar-refractivity contribution in [2.24, 2.45) is 0 Å². The van der Waals surface area contributed by atoms with Crippen LogP contribution in [0, 0.1) is 6.92 Å². The number of nitrogens with zero attached hydrogens (tertiary/aromatic N) is 4. The van der Waals surface area contributed by atoms with Crippen molar-refractivity contribution in [3.05, 3.63) is 17.5 Å². The first kappa shape index (κ1) is 17.4. The normalized spacial score (nSPS) is 22.8. The molecule has 0 unspecified atom stereocenters. The maximum absolute atomic E-state index is 13.1. The number of hydrogen-bond acceptors (Lipinski definition) is 4. The summed E-state index contributed by atoms with van der Waals surface area (Å²) in [6, 6.07) is 0.318. The fourth-order valence-electron chi connectivity index (χ4n) is 3.79. The molecule has 2 fully saturated rings. The quantitative estimate of drug-likeness (QED) is 0.826. The highest BCUT2D eigenvalue weighted by molar-refractivity contribution is 5.95. The first-order valence-electron chi connectivity index (χ1n) is 9.34. The molecule has 24 heavy (non-hydrogen) atoms. The zero-order valence-corrected chi connectivity index (χ0v) is 15.0. The summed E-state index contributed by atoms with van der Waals surface area (Å²) in [4.78, 5) is 17.7. The van der Waals surface area contributed by atoms with Gasteiger partial charge in [-0.2, -0.15) is 5.10 Å². The summed E-state index contributed by atoms with van der Waals surface area (Å²) in [6.07, 6.45) is 6.21. The van der Waals surface area contributed by atoms with Gasteiger partial charge in [-0.15, -0.1) is 0 Å². The number of likely N-dealkylation sites (tertiary alicyclic amines) is 1. The first-order chi connectivity index (χ1) is 11.7. The average molecular weight is 334 g/mol. The van der Waals surface area contributed by atoms with Crippen LogP contribution >= 0.6 is 0 Å². The number of ether oxygens (including phenoxy) is 1. The van der Waals surface area contributed by atoms with E-state index in [1.165, 1.54) is 6.42 Å². The minimum absolute atomic E-state index is 0.160. The molecule has 3 heterocycles. The molecule has 0 N–H and O–H groups in total. The Hall–Kier alpha value is -1.40. The monoisotopic (exact) mass is 334 g/mol. The summed E-state index contributed by atoms with van der Waals surface area (Å²) in [5.74, 6) is 0.160. The topological polar surface area (TPSA) is 50.6 Å². The molecule has 1 aromatic heterocycles. The van der Waals surface area contributed by atoms with Crippen LogP contribution in [0.2, 0.25) is 0 Å². The lowest BCUT2D eigenvalue weighted by Gasteiger charge is -2.39. The average Bonchev–Trinajstić information content (AvgIpc) is 2.97. The molecule has 0 spiro atoms. The predicted molar refractivity (Wildman–Crippen MR) is 93.2 cm³/mol. The van der Waals surface area contributed by atoms with Crippen LogP contribution in [0.5, 0.6) is 0 Å². The van der Waals surface area contributed by atoms with Gasteiger partial charge in [0.25, 0.3) is 5.91 Å². The lowest BCUT2D eigenvalue weighted by Crippen LogP contribution is -2.51. The fraction of sp³-hybridized carbons (Fsp3) is 0.778. The van der Waals surface area contributed by atoms with Crippen molar-refractivity contribution in [2.75, 3.05) is 39.4 Å². The number of amides is 1. The zero-order valence-electron chi connectivity index (χ0n) is 15.0. The van der Waals surface area contributed by atoms with E-state index in [-0.39, 0.29) is 5.91 Å². The van der Waals surface area contributed by atoms with Gasteiger partial charge in [-0.3, -0.25) is 14.4 Å². The SMILES string of the molecule is CCCn1ncc(C(=O)N2CCCC[C@H]2CN2CCOCC2)c1C. The van der Waals surface area contributed by atoms with Gasteiger partial charge in [0.2, 0.25) is 0 Å². The molecule has 3 rings (SSSR count). The molecule has 134 valence electrons. The number of morpholine rings is 1. The molecule has 0 radical (unpaired) electrons. The van der Waals surface area contributed by atoms with Gasteiger partial charge in [0.05, 0.1) is 25.0 Å². The van der Waals surface area contributed by atoms with Gasteiger partial charge in [0, 0.05) is 44.5 Å². The molecule has 0 aliphatic carbocycles. The van der Waals surface area contributed by atoms with E-state index in [1.54, 1.807) is 6.20 Å². The number of piperidine rings is 1. The van der Waals surface area contributed by atoms with Gasteiger partial charge < -0.3 is 9.64 Å². The third-order valence-electron chi connectivity index (χ3n) is 5.23. The summed E-state index contributed by atoms with van der Waals surface area (Å²) in [7, 11) is 0. The fourth-order valence-corrected chi connectivity index (χ4v) is 3.79. The van der Waals surface area contributed by atoms with E-state index in [1.807, 2.05) is 11.6 Å².